The minimum atomic E-state index is -0.247. The number of benzene rings is 1. The molecule has 0 radical (unpaired) electrons. The molecule has 0 aliphatic rings. The molecule has 4 rings (SSSR count). The summed E-state index contributed by atoms with van der Waals surface area (Å²) < 4.78 is 7.05. The highest BCUT2D eigenvalue weighted by molar-refractivity contribution is 7.17. The molecule has 3 heterocycles. The fourth-order valence-electron chi connectivity index (χ4n) is 3.31. The second-order valence-electron chi connectivity index (χ2n) is 7.38. The molecule has 0 bridgehead atoms. The van der Waals surface area contributed by atoms with Crippen LogP contribution in [0.2, 0.25) is 0 Å². The lowest BCUT2D eigenvalue weighted by Crippen LogP contribution is -2.16. The van der Waals surface area contributed by atoms with Crippen molar-refractivity contribution < 1.29 is 9.53 Å². The Morgan fingerprint density at radius 3 is 2.34 bits per heavy atom. The third-order valence-electron chi connectivity index (χ3n) is 4.65. The Kier molecular flexibility index (Phi) is 6.00. The van der Waals surface area contributed by atoms with Gasteiger partial charge >= 0.3 is 0 Å². The first-order valence-electron chi connectivity index (χ1n) is 10.3. The molecular weight excluding hydrogens is 424 g/mol. The second-order valence-corrected chi connectivity index (χ2v) is 8.38. The van der Waals surface area contributed by atoms with Crippen molar-refractivity contribution in [3.8, 4) is 22.3 Å². The van der Waals surface area contributed by atoms with E-state index in [0.717, 1.165) is 33.4 Å². The molecule has 32 heavy (non-hydrogen) atoms. The summed E-state index contributed by atoms with van der Waals surface area (Å²) in [6.07, 6.45) is 0. The van der Waals surface area contributed by atoms with E-state index in [2.05, 4.69) is 25.4 Å². The van der Waals surface area contributed by atoms with Crippen molar-refractivity contribution in [1.29, 1.82) is 0 Å². The Bertz CT molecular complexity index is 1260. The number of nitrogens with one attached hydrogen (secondary N) is 1. The van der Waals surface area contributed by atoms with Crippen LogP contribution in [0.1, 0.15) is 39.4 Å². The second kappa shape index (κ2) is 8.88. The zero-order valence-electron chi connectivity index (χ0n) is 18.6. The number of carbonyl (C=O) groups is 1. The van der Waals surface area contributed by atoms with Gasteiger partial charge in [0.1, 0.15) is 21.5 Å². The van der Waals surface area contributed by atoms with Crippen molar-refractivity contribution in [3.63, 3.8) is 0 Å². The summed E-state index contributed by atoms with van der Waals surface area (Å²) in [5, 5.41) is 8.19. The normalized spacial score (nSPS) is 10.9. The summed E-state index contributed by atoms with van der Waals surface area (Å²) in [7, 11) is 0. The summed E-state index contributed by atoms with van der Waals surface area (Å²) in [6, 6.07) is 11.4. The molecule has 8 nitrogen and oxygen atoms in total. The standard InChI is InChI=1S/C23H24N6O2S/c1-6-31-18-9-7-17(8-10-18)22-26-16(5)20(32-22)21(30)27-19-12-15(4)28-29(19)23-24-13(2)11-14(3)25-23/h7-12H,6H2,1-5H3,(H,27,30). The highest BCUT2D eigenvalue weighted by atomic mass is 32.1. The molecule has 164 valence electrons. The predicted molar refractivity (Wildman–Crippen MR) is 125 cm³/mol. The molecule has 0 saturated heterocycles. The minimum absolute atomic E-state index is 0.247. The van der Waals surface area contributed by atoms with E-state index >= 15 is 0 Å². The Balaban J connectivity index is 1.60. The lowest BCUT2D eigenvalue weighted by Gasteiger charge is -2.08. The maximum absolute atomic E-state index is 13.1. The Labute approximate surface area is 190 Å². The molecule has 1 N–H and O–H groups in total. The SMILES string of the molecule is CCOc1ccc(-c2nc(C)c(C(=O)Nc3cc(C)nn3-c3nc(C)cc(C)n3)s2)cc1. The number of nitrogens with zero attached hydrogens (tertiary/aromatic N) is 5. The van der Waals surface area contributed by atoms with Gasteiger partial charge in [0, 0.05) is 23.0 Å². The van der Waals surface area contributed by atoms with Crippen molar-refractivity contribution in [2.45, 2.75) is 34.6 Å². The first-order valence-corrected chi connectivity index (χ1v) is 11.1. The number of ether oxygens (including phenoxy) is 1. The summed E-state index contributed by atoms with van der Waals surface area (Å²) in [6.45, 7) is 10.0. The van der Waals surface area contributed by atoms with E-state index in [4.69, 9.17) is 4.74 Å². The predicted octanol–water partition coefficient (Wildman–Crippen LogP) is 4.67. The van der Waals surface area contributed by atoms with Crippen molar-refractivity contribution in [1.82, 2.24) is 24.7 Å². The number of hydrogen-bond acceptors (Lipinski definition) is 7. The Hall–Kier alpha value is -3.59. The number of amides is 1. The highest BCUT2D eigenvalue weighted by Gasteiger charge is 2.19. The van der Waals surface area contributed by atoms with E-state index in [1.807, 2.05) is 65.0 Å². The fourth-order valence-corrected chi connectivity index (χ4v) is 4.27. The van der Waals surface area contributed by atoms with Gasteiger partial charge in [-0.1, -0.05) is 0 Å². The third-order valence-corrected chi connectivity index (χ3v) is 5.85. The van der Waals surface area contributed by atoms with Crippen LogP contribution < -0.4 is 10.1 Å². The number of rotatable bonds is 6. The largest absolute Gasteiger partial charge is 0.494 e. The van der Waals surface area contributed by atoms with Crippen LogP contribution in [0.3, 0.4) is 0 Å². The molecule has 0 aliphatic heterocycles. The van der Waals surface area contributed by atoms with Crippen molar-refractivity contribution in [3.05, 3.63) is 64.1 Å². The minimum Gasteiger partial charge on any atom is -0.494 e. The van der Waals surface area contributed by atoms with Crippen molar-refractivity contribution in [2.75, 3.05) is 11.9 Å². The van der Waals surface area contributed by atoms with E-state index in [1.165, 1.54) is 11.3 Å². The molecule has 1 aromatic carbocycles. The van der Waals surface area contributed by atoms with E-state index in [9.17, 15) is 4.79 Å². The highest BCUT2D eigenvalue weighted by Crippen LogP contribution is 2.30. The number of aryl methyl sites for hydroxylation is 4. The lowest BCUT2D eigenvalue weighted by atomic mass is 10.2. The fraction of sp³-hybridized carbons (Fsp3) is 0.261. The van der Waals surface area contributed by atoms with Crippen LogP contribution in [-0.4, -0.2) is 37.2 Å². The average Bonchev–Trinajstić information content (AvgIpc) is 3.30. The molecule has 0 spiro atoms. The van der Waals surface area contributed by atoms with Crippen LogP contribution in [0.5, 0.6) is 5.75 Å². The summed E-state index contributed by atoms with van der Waals surface area (Å²) in [5.74, 6) is 1.48. The van der Waals surface area contributed by atoms with Crippen LogP contribution in [0.15, 0.2) is 36.4 Å². The van der Waals surface area contributed by atoms with Crippen LogP contribution in [0, 0.1) is 27.7 Å². The third kappa shape index (κ3) is 4.52. The molecule has 0 aliphatic carbocycles. The molecule has 9 heteroatoms. The van der Waals surface area contributed by atoms with Gasteiger partial charge < -0.3 is 10.1 Å². The zero-order chi connectivity index (χ0) is 22.8. The number of thiazole rings is 1. The molecule has 0 saturated carbocycles. The summed E-state index contributed by atoms with van der Waals surface area (Å²) in [5.41, 5.74) is 4.01. The molecule has 1 amide bonds. The van der Waals surface area contributed by atoms with Gasteiger partial charge in [-0.05, 0) is 65.0 Å². The number of aromatic nitrogens is 5. The van der Waals surface area contributed by atoms with Crippen LogP contribution in [0.4, 0.5) is 5.82 Å². The number of carbonyl (C=O) groups excluding carboxylic acids is 1. The van der Waals surface area contributed by atoms with Gasteiger partial charge in [0.05, 0.1) is 18.0 Å². The molecule has 0 atom stereocenters. The van der Waals surface area contributed by atoms with Gasteiger partial charge in [0.25, 0.3) is 11.9 Å². The molecule has 0 unspecified atom stereocenters. The van der Waals surface area contributed by atoms with Gasteiger partial charge in [0.15, 0.2) is 0 Å². The van der Waals surface area contributed by atoms with Gasteiger partial charge in [-0.15, -0.1) is 11.3 Å². The van der Waals surface area contributed by atoms with Gasteiger partial charge in [0.2, 0.25) is 0 Å². The van der Waals surface area contributed by atoms with Gasteiger partial charge in [-0.3, -0.25) is 4.79 Å². The van der Waals surface area contributed by atoms with E-state index in [1.54, 1.807) is 10.7 Å². The van der Waals surface area contributed by atoms with Crippen LogP contribution in [-0.2, 0) is 0 Å². The molecular formula is C23H24N6O2S. The van der Waals surface area contributed by atoms with Gasteiger partial charge in [-0.2, -0.15) is 9.78 Å². The van der Waals surface area contributed by atoms with Crippen molar-refractivity contribution >= 4 is 23.1 Å². The van der Waals surface area contributed by atoms with E-state index in [-0.39, 0.29) is 5.91 Å². The summed E-state index contributed by atoms with van der Waals surface area (Å²) in [4.78, 5) is 27.2. The Morgan fingerprint density at radius 2 is 1.69 bits per heavy atom. The quantitative estimate of drug-likeness (QED) is 0.461. The smallest absolute Gasteiger partial charge is 0.268 e. The van der Waals surface area contributed by atoms with Crippen LogP contribution in [0.25, 0.3) is 16.5 Å². The van der Waals surface area contributed by atoms with Crippen molar-refractivity contribution in [2.24, 2.45) is 0 Å². The first-order chi connectivity index (χ1) is 15.3. The summed E-state index contributed by atoms with van der Waals surface area (Å²) >= 11 is 1.35. The van der Waals surface area contributed by atoms with Crippen LogP contribution >= 0.6 is 11.3 Å². The Morgan fingerprint density at radius 1 is 1.00 bits per heavy atom. The molecule has 4 aromatic rings. The monoisotopic (exact) mass is 448 g/mol. The number of hydrogen-bond donors (Lipinski definition) is 1. The number of anilines is 1. The lowest BCUT2D eigenvalue weighted by molar-refractivity contribution is 0.102. The van der Waals surface area contributed by atoms with E-state index < -0.39 is 0 Å². The molecule has 0 fully saturated rings. The zero-order valence-corrected chi connectivity index (χ0v) is 19.4. The average molecular weight is 449 g/mol. The first kappa shape index (κ1) is 21.6. The topological polar surface area (TPSA) is 94.8 Å². The maximum Gasteiger partial charge on any atom is 0.268 e. The molecule has 3 aromatic heterocycles. The van der Waals surface area contributed by atoms with Gasteiger partial charge in [-0.25, -0.2) is 15.0 Å². The maximum atomic E-state index is 13.1. The van der Waals surface area contributed by atoms with E-state index in [0.29, 0.717) is 28.9 Å².